The number of halogens is 3. The van der Waals surface area contributed by atoms with E-state index in [-0.39, 0.29) is 15.9 Å². The largest absolute Gasteiger partial charge is 0.439 e. The van der Waals surface area contributed by atoms with Gasteiger partial charge in [0.1, 0.15) is 0 Å². The molecule has 15 heavy (non-hydrogen) atoms. The Hall–Kier alpha value is -1.50. The van der Waals surface area contributed by atoms with Gasteiger partial charge in [-0.05, 0) is 28.1 Å². The van der Waals surface area contributed by atoms with Gasteiger partial charge in [-0.15, -0.1) is 0 Å². The number of rotatable bonds is 1. The molecule has 0 atom stereocenters. The first-order valence-electron chi connectivity index (χ1n) is 3.79. The van der Waals surface area contributed by atoms with Crippen LogP contribution in [0.1, 0.15) is 0 Å². The van der Waals surface area contributed by atoms with E-state index in [2.05, 4.69) is 30.6 Å². The molecular formula is C8H3BrF2N2O2. The Morgan fingerprint density at radius 1 is 1.33 bits per heavy atom. The van der Waals surface area contributed by atoms with E-state index < -0.39 is 17.4 Å². The van der Waals surface area contributed by atoms with Crippen molar-refractivity contribution < 1.29 is 13.3 Å². The molecule has 0 saturated heterocycles. The second kappa shape index (κ2) is 3.58. The van der Waals surface area contributed by atoms with Gasteiger partial charge in [-0.25, -0.2) is 13.6 Å². The molecule has 2 rings (SSSR count). The maximum Gasteiger partial charge on any atom is 0.439 e. The summed E-state index contributed by atoms with van der Waals surface area (Å²) in [5.41, 5.74) is -0.165. The molecule has 0 radical (unpaired) electrons. The van der Waals surface area contributed by atoms with Gasteiger partial charge < -0.3 is 0 Å². The highest BCUT2D eigenvalue weighted by Crippen LogP contribution is 2.25. The molecule has 0 aliphatic carbocycles. The Balaban J connectivity index is 2.64. The van der Waals surface area contributed by atoms with E-state index in [0.717, 1.165) is 0 Å². The molecule has 1 aromatic carbocycles. The van der Waals surface area contributed by atoms with Crippen LogP contribution in [0.15, 0.2) is 25.9 Å². The van der Waals surface area contributed by atoms with E-state index in [0.29, 0.717) is 0 Å². The standard InChI is InChI=1S/C8H3BrF2N2O2/c9-4-2-1-3(5(10)6(4)11)7-12-8(14)15-13-7/h1-2H,(H,12,13,14). The molecule has 1 N–H and O–H groups in total. The topological polar surface area (TPSA) is 58.9 Å². The Kier molecular flexibility index (Phi) is 2.39. The van der Waals surface area contributed by atoms with Crippen molar-refractivity contribution in [3.63, 3.8) is 0 Å². The SMILES string of the molecule is O=c1[nH]c(-c2ccc(Br)c(F)c2F)no1. The summed E-state index contributed by atoms with van der Waals surface area (Å²) in [6.45, 7) is 0. The second-order valence-corrected chi connectivity index (χ2v) is 3.52. The lowest BCUT2D eigenvalue weighted by molar-refractivity contribution is 0.387. The van der Waals surface area contributed by atoms with Crippen LogP contribution < -0.4 is 5.76 Å². The minimum Gasteiger partial charge on any atom is -0.296 e. The van der Waals surface area contributed by atoms with Crippen molar-refractivity contribution in [1.82, 2.24) is 10.1 Å². The van der Waals surface area contributed by atoms with Crippen LogP contribution in [0.2, 0.25) is 0 Å². The number of aromatic nitrogens is 2. The molecule has 0 amide bonds. The number of hydrogen-bond acceptors (Lipinski definition) is 3. The van der Waals surface area contributed by atoms with Gasteiger partial charge >= 0.3 is 5.76 Å². The van der Waals surface area contributed by atoms with E-state index in [1.807, 2.05) is 0 Å². The fraction of sp³-hybridized carbons (Fsp3) is 0. The summed E-state index contributed by atoms with van der Waals surface area (Å²) in [5, 5.41) is 3.25. The molecule has 0 bridgehead atoms. The van der Waals surface area contributed by atoms with Gasteiger partial charge in [0.15, 0.2) is 17.5 Å². The first kappa shape index (κ1) is 10.0. The molecule has 0 spiro atoms. The molecule has 0 unspecified atom stereocenters. The van der Waals surface area contributed by atoms with E-state index in [1.165, 1.54) is 12.1 Å². The molecule has 7 heteroatoms. The third-order valence-corrected chi connectivity index (χ3v) is 2.34. The van der Waals surface area contributed by atoms with Gasteiger partial charge in [-0.3, -0.25) is 9.51 Å². The molecule has 4 nitrogen and oxygen atoms in total. The molecule has 78 valence electrons. The monoisotopic (exact) mass is 276 g/mol. The van der Waals surface area contributed by atoms with Crippen LogP contribution in [0.4, 0.5) is 8.78 Å². The summed E-state index contributed by atoms with van der Waals surface area (Å²) >= 11 is 2.83. The van der Waals surface area contributed by atoms with Gasteiger partial charge in [-0.1, -0.05) is 5.16 Å². The van der Waals surface area contributed by atoms with Crippen LogP contribution in [0.25, 0.3) is 11.4 Å². The van der Waals surface area contributed by atoms with Crippen molar-refractivity contribution in [2.45, 2.75) is 0 Å². The highest BCUT2D eigenvalue weighted by atomic mass is 79.9. The Morgan fingerprint density at radius 2 is 2.07 bits per heavy atom. The third kappa shape index (κ3) is 1.70. The zero-order valence-corrected chi connectivity index (χ0v) is 8.64. The zero-order valence-electron chi connectivity index (χ0n) is 7.05. The van der Waals surface area contributed by atoms with Crippen molar-refractivity contribution in [2.75, 3.05) is 0 Å². The predicted molar refractivity (Wildman–Crippen MR) is 50.2 cm³/mol. The maximum absolute atomic E-state index is 13.3. The summed E-state index contributed by atoms with van der Waals surface area (Å²) < 4.78 is 30.6. The van der Waals surface area contributed by atoms with Gasteiger partial charge in [0, 0.05) is 0 Å². The number of H-pyrrole nitrogens is 1. The normalized spacial score (nSPS) is 10.6. The molecule has 1 aromatic heterocycles. The zero-order chi connectivity index (χ0) is 11.0. The van der Waals surface area contributed by atoms with Crippen molar-refractivity contribution in [1.29, 1.82) is 0 Å². The Bertz CT molecular complexity index is 564. The molecule has 0 aliphatic rings. The molecular weight excluding hydrogens is 274 g/mol. The third-order valence-electron chi connectivity index (χ3n) is 1.73. The van der Waals surface area contributed by atoms with Crippen LogP contribution in [-0.4, -0.2) is 10.1 Å². The summed E-state index contributed by atoms with van der Waals surface area (Å²) in [6.07, 6.45) is 0. The average molecular weight is 277 g/mol. The summed E-state index contributed by atoms with van der Waals surface area (Å²) in [6, 6.07) is 2.58. The summed E-state index contributed by atoms with van der Waals surface area (Å²) in [7, 11) is 0. The van der Waals surface area contributed by atoms with Gasteiger partial charge in [0.25, 0.3) is 0 Å². The molecule has 2 aromatic rings. The lowest BCUT2D eigenvalue weighted by atomic mass is 10.2. The molecule has 1 heterocycles. The van der Waals surface area contributed by atoms with Gasteiger partial charge in [-0.2, -0.15) is 0 Å². The summed E-state index contributed by atoms with van der Waals surface area (Å²) in [4.78, 5) is 12.7. The second-order valence-electron chi connectivity index (χ2n) is 2.67. The van der Waals surface area contributed by atoms with E-state index in [9.17, 15) is 13.6 Å². The summed E-state index contributed by atoms with van der Waals surface area (Å²) in [5.74, 6) is -3.12. The van der Waals surface area contributed by atoms with Gasteiger partial charge in [0.05, 0.1) is 10.0 Å². The molecule has 0 saturated carbocycles. The van der Waals surface area contributed by atoms with Crippen LogP contribution in [0.5, 0.6) is 0 Å². The fourth-order valence-electron chi connectivity index (χ4n) is 1.05. The number of nitrogens with zero attached hydrogens (tertiary/aromatic N) is 1. The van der Waals surface area contributed by atoms with Gasteiger partial charge in [0.2, 0.25) is 0 Å². The Morgan fingerprint density at radius 3 is 2.67 bits per heavy atom. The molecule has 0 aliphatic heterocycles. The smallest absolute Gasteiger partial charge is 0.296 e. The van der Waals surface area contributed by atoms with Crippen molar-refractivity contribution in [2.24, 2.45) is 0 Å². The minimum absolute atomic E-state index is 0.00501. The van der Waals surface area contributed by atoms with E-state index in [1.54, 1.807) is 0 Å². The molecule has 0 fully saturated rings. The highest BCUT2D eigenvalue weighted by Gasteiger charge is 2.16. The fourth-order valence-corrected chi connectivity index (χ4v) is 1.36. The number of nitrogens with one attached hydrogen (secondary N) is 1. The minimum atomic E-state index is -1.10. The Labute approximate surface area is 90.0 Å². The van der Waals surface area contributed by atoms with Crippen LogP contribution >= 0.6 is 15.9 Å². The number of benzene rings is 1. The van der Waals surface area contributed by atoms with Crippen molar-refractivity contribution in [3.8, 4) is 11.4 Å². The van der Waals surface area contributed by atoms with Crippen molar-refractivity contribution in [3.05, 3.63) is 38.8 Å². The van der Waals surface area contributed by atoms with Crippen molar-refractivity contribution >= 4 is 15.9 Å². The number of aromatic amines is 1. The average Bonchev–Trinajstić information content (AvgIpc) is 2.61. The lowest BCUT2D eigenvalue weighted by Crippen LogP contribution is -1.97. The quantitative estimate of drug-likeness (QED) is 0.812. The first-order chi connectivity index (χ1) is 7.09. The van der Waals surface area contributed by atoms with Crippen LogP contribution in [0.3, 0.4) is 0 Å². The van der Waals surface area contributed by atoms with Crippen LogP contribution in [0, 0.1) is 11.6 Å². The highest BCUT2D eigenvalue weighted by molar-refractivity contribution is 9.10. The number of hydrogen-bond donors (Lipinski definition) is 1. The van der Waals surface area contributed by atoms with E-state index >= 15 is 0 Å². The predicted octanol–water partition coefficient (Wildman–Crippen LogP) is 2.07. The van der Waals surface area contributed by atoms with Crippen LogP contribution in [-0.2, 0) is 0 Å². The lowest BCUT2D eigenvalue weighted by Gasteiger charge is -2.00. The maximum atomic E-state index is 13.3. The first-order valence-corrected chi connectivity index (χ1v) is 4.59. The van der Waals surface area contributed by atoms with E-state index in [4.69, 9.17) is 0 Å².